The van der Waals surface area contributed by atoms with Gasteiger partial charge in [-0.3, -0.25) is 0 Å². The van der Waals surface area contributed by atoms with E-state index in [1.807, 2.05) is 28.9 Å². The smallest absolute Gasteiger partial charge is 0.0793 e. The molecule has 0 bridgehead atoms. The molecule has 0 atom stereocenters. The van der Waals surface area contributed by atoms with Crippen molar-refractivity contribution < 1.29 is 0 Å². The van der Waals surface area contributed by atoms with Crippen molar-refractivity contribution >= 4 is 11.6 Å². The number of halogens is 1. The second kappa shape index (κ2) is 4.47. The number of nitriles is 1. The van der Waals surface area contributed by atoms with Crippen LogP contribution >= 0.6 is 11.6 Å². The predicted octanol–water partition coefficient (Wildman–Crippen LogP) is 3.47. The molecule has 1 aliphatic rings. The fraction of sp³-hybridized carbons (Fsp3) is 0.286. The third kappa shape index (κ3) is 2.12. The van der Waals surface area contributed by atoms with E-state index in [-0.39, 0.29) is 0 Å². The van der Waals surface area contributed by atoms with Crippen molar-refractivity contribution in [2.45, 2.75) is 25.2 Å². The minimum atomic E-state index is 0.361. The van der Waals surface area contributed by atoms with Gasteiger partial charge in [-0.15, -0.1) is 0 Å². The molecule has 2 aromatic rings. The molecule has 3 nitrogen and oxygen atoms in total. The van der Waals surface area contributed by atoms with Crippen LogP contribution in [0.4, 0.5) is 0 Å². The molecule has 1 fully saturated rings. The molecule has 0 N–H and O–H groups in total. The Morgan fingerprint density at radius 1 is 1.33 bits per heavy atom. The zero-order valence-corrected chi connectivity index (χ0v) is 10.6. The Morgan fingerprint density at radius 3 is 2.67 bits per heavy atom. The van der Waals surface area contributed by atoms with Gasteiger partial charge < -0.3 is 0 Å². The Morgan fingerprint density at radius 2 is 2.06 bits per heavy atom. The van der Waals surface area contributed by atoms with Crippen molar-refractivity contribution in [3.63, 3.8) is 0 Å². The number of hydrogen-bond acceptors (Lipinski definition) is 2. The standard InChI is InChI=1S/C14H12ClN3/c15-11-3-5-13(6-4-11)18-14(10-1-2-10)9-12(17-18)7-8-16/h3-6,9-10H,1-2,7H2. The van der Waals surface area contributed by atoms with E-state index in [0.717, 1.165) is 16.4 Å². The maximum atomic E-state index is 8.76. The molecule has 0 amide bonds. The topological polar surface area (TPSA) is 41.6 Å². The van der Waals surface area contributed by atoms with Crippen molar-refractivity contribution in [1.82, 2.24) is 9.78 Å². The van der Waals surface area contributed by atoms with Gasteiger partial charge in [0.05, 0.1) is 23.9 Å². The van der Waals surface area contributed by atoms with Crippen LogP contribution in [-0.2, 0) is 6.42 Å². The number of nitrogens with zero attached hydrogens (tertiary/aromatic N) is 3. The van der Waals surface area contributed by atoms with Gasteiger partial charge in [0, 0.05) is 16.6 Å². The molecule has 1 aromatic carbocycles. The van der Waals surface area contributed by atoms with Crippen LogP contribution in [0.1, 0.15) is 30.1 Å². The normalized spacial score (nSPS) is 14.4. The molecular weight excluding hydrogens is 246 g/mol. The first-order chi connectivity index (χ1) is 8.78. The van der Waals surface area contributed by atoms with Crippen LogP contribution in [0.5, 0.6) is 0 Å². The summed E-state index contributed by atoms with van der Waals surface area (Å²) in [6.07, 6.45) is 2.79. The lowest BCUT2D eigenvalue weighted by Crippen LogP contribution is -2.01. The van der Waals surface area contributed by atoms with Crippen molar-refractivity contribution in [1.29, 1.82) is 5.26 Å². The van der Waals surface area contributed by atoms with Gasteiger partial charge in [0.1, 0.15) is 0 Å². The van der Waals surface area contributed by atoms with Gasteiger partial charge in [-0.05, 0) is 43.2 Å². The van der Waals surface area contributed by atoms with Crippen LogP contribution in [0.3, 0.4) is 0 Å². The molecule has 1 aliphatic carbocycles. The lowest BCUT2D eigenvalue weighted by atomic mass is 10.2. The molecule has 4 heteroatoms. The molecule has 1 heterocycles. The SMILES string of the molecule is N#CCc1cc(C2CC2)n(-c2ccc(Cl)cc2)n1. The maximum absolute atomic E-state index is 8.76. The van der Waals surface area contributed by atoms with E-state index in [1.165, 1.54) is 18.5 Å². The van der Waals surface area contributed by atoms with Gasteiger partial charge in [-0.2, -0.15) is 10.4 Å². The van der Waals surface area contributed by atoms with Crippen LogP contribution in [0.25, 0.3) is 5.69 Å². The van der Waals surface area contributed by atoms with E-state index in [1.54, 1.807) is 0 Å². The first kappa shape index (κ1) is 11.3. The highest BCUT2D eigenvalue weighted by Crippen LogP contribution is 2.41. The fourth-order valence-corrected chi connectivity index (χ4v) is 2.20. The third-order valence-electron chi connectivity index (χ3n) is 3.11. The molecule has 3 rings (SSSR count). The molecule has 0 radical (unpaired) electrons. The lowest BCUT2D eigenvalue weighted by molar-refractivity contribution is 0.795. The quantitative estimate of drug-likeness (QED) is 0.845. The number of aromatic nitrogens is 2. The van der Waals surface area contributed by atoms with E-state index in [9.17, 15) is 0 Å². The summed E-state index contributed by atoms with van der Waals surface area (Å²) < 4.78 is 1.95. The summed E-state index contributed by atoms with van der Waals surface area (Å²) in [4.78, 5) is 0. The summed E-state index contributed by atoms with van der Waals surface area (Å²) >= 11 is 5.90. The average Bonchev–Trinajstić information content (AvgIpc) is 3.13. The Balaban J connectivity index is 2.04. The Bertz CT molecular complexity index is 603. The van der Waals surface area contributed by atoms with E-state index >= 15 is 0 Å². The first-order valence-electron chi connectivity index (χ1n) is 5.99. The zero-order valence-electron chi connectivity index (χ0n) is 9.81. The third-order valence-corrected chi connectivity index (χ3v) is 3.37. The van der Waals surface area contributed by atoms with Gasteiger partial charge in [0.25, 0.3) is 0 Å². The summed E-state index contributed by atoms with van der Waals surface area (Å²) in [5, 5.41) is 14.0. The predicted molar refractivity (Wildman–Crippen MR) is 69.9 cm³/mol. The van der Waals surface area contributed by atoms with Crippen molar-refractivity contribution in [3.8, 4) is 11.8 Å². The summed E-state index contributed by atoms with van der Waals surface area (Å²) in [5.74, 6) is 0.598. The number of benzene rings is 1. The van der Waals surface area contributed by atoms with E-state index < -0.39 is 0 Å². The monoisotopic (exact) mass is 257 g/mol. The molecule has 1 aromatic heterocycles. The highest BCUT2D eigenvalue weighted by molar-refractivity contribution is 6.30. The van der Waals surface area contributed by atoms with Crippen LogP contribution in [0.15, 0.2) is 30.3 Å². The molecule has 0 spiro atoms. The summed E-state index contributed by atoms with van der Waals surface area (Å²) in [5.41, 5.74) is 3.06. The Labute approximate surface area is 111 Å². The Kier molecular flexibility index (Phi) is 2.81. The highest BCUT2D eigenvalue weighted by atomic mass is 35.5. The van der Waals surface area contributed by atoms with Gasteiger partial charge in [0.2, 0.25) is 0 Å². The van der Waals surface area contributed by atoms with E-state index in [0.29, 0.717) is 12.3 Å². The second-order valence-electron chi connectivity index (χ2n) is 4.56. The molecule has 18 heavy (non-hydrogen) atoms. The van der Waals surface area contributed by atoms with Gasteiger partial charge in [-0.25, -0.2) is 4.68 Å². The highest BCUT2D eigenvalue weighted by Gasteiger charge is 2.28. The number of rotatable bonds is 3. The number of hydrogen-bond donors (Lipinski definition) is 0. The van der Waals surface area contributed by atoms with E-state index in [4.69, 9.17) is 16.9 Å². The maximum Gasteiger partial charge on any atom is 0.0793 e. The zero-order chi connectivity index (χ0) is 12.5. The second-order valence-corrected chi connectivity index (χ2v) is 4.99. The first-order valence-corrected chi connectivity index (χ1v) is 6.37. The minimum Gasteiger partial charge on any atom is -0.237 e. The Hall–Kier alpha value is -1.79. The largest absolute Gasteiger partial charge is 0.237 e. The average molecular weight is 258 g/mol. The molecular formula is C14H12ClN3. The molecule has 0 aliphatic heterocycles. The van der Waals surface area contributed by atoms with Gasteiger partial charge >= 0.3 is 0 Å². The summed E-state index contributed by atoms with van der Waals surface area (Å²) in [6, 6.07) is 11.8. The molecule has 0 unspecified atom stereocenters. The van der Waals surface area contributed by atoms with Crippen LogP contribution in [-0.4, -0.2) is 9.78 Å². The van der Waals surface area contributed by atoms with E-state index in [2.05, 4.69) is 17.2 Å². The van der Waals surface area contributed by atoms with Gasteiger partial charge in [0.15, 0.2) is 0 Å². The van der Waals surface area contributed by atoms with Crippen molar-refractivity contribution in [2.75, 3.05) is 0 Å². The van der Waals surface area contributed by atoms with Crippen LogP contribution in [0.2, 0.25) is 5.02 Å². The van der Waals surface area contributed by atoms with Crippen LogP contribution in [0, 0.1) is 11.3 Å². The molecule has 90 valence electrons. The lowest BCUT2D eigenvalue weighted by Gasteiger charge is -2.06. The van der Waals surface area contributed by atoms with Gasteiger partial charge in [-0.1, -0.05) is 11.6 Å². The van der Waals surface area contributed by atoms with Crippen LogP contribution < -0.4 is 0 Å². The summed E-state index contributed by atoms with van der Waals surface area (Å²) in [6.45, 7) is 0. The summed E-state index contributed by atoms with van der Waals surface area (Å²) in [7, 11) is 0. The molecule has 0 saturated heterocycles. The van der Waals surface area contributed by atoms with Crippen molar-refractivity contribution in [2.24, 2.45) is 0 Å². The fourth-order valence-electron chi connectivity index (χ4n) is 2.07. The van der Waals surface area contributed by atoms with Crippen molar-refractivity contribution in [3.05, 3.63) is 46.7 Å². The minimum absolute atomic E-state index is 0.361. The molecule has 1 saturated carbocycles.